The molecule has 2 fully saturated rings. The number of morpholine rings is 1. The molecule has 5 nitrogen and oxygen atoms in total. The van der Waals surface area contributed by atoms with Gasteiger partial charge >= 0.3 is 0 Å². The Labute approximate surface area is 121 Å². The van der Waals surface area contributed by atoms with Gasteiger partial charge in [0.15, 0.2) is 6.10 Å². The largest absolute Gasteiger partial charge is 0.378 e. The van der Waals surface area contributed by atoms with Crippen molar-refractivity contribution in [3.63, 3.8) is 0 Å². The summed E-state index contributed by atoms with van der Waals surface area (Å²) >= 11 is 6.34. The Balaban J connectivity index is 1.70. The smallest absolute Gasteiger partial charge is 0.257 e. The van der Waals surface area contributed by atoms with Gasteiger partial charge in [-0.15, -0.1) is 0 Å². The van der Waals surface area contributed by atoms with Gasteiger partial charge in [0, 0.05) is 24.3 Å². The van der Waals surface area contributed by atoms with Crippen molar-refractivity contribution in [3.05, 3.63) is 22.7 Å². The fraction of sp³-hybridized carbons (Fsp3) is 0.500. The predicted octanol–water partition coefficient (Wildman–Crippen LogP) is 1.69. The Hall–Kier alpha value is -1.30. The van der Waals surface area contributed by atoms with Crippen LogP contribution in [-0.4, -0.2) is 36.3 Å². The number of amides is 1. The molecule has 0 spiro atoms. The number of benzene rings is 1. The van der Waals surface area contributed by atoms with Crippen LogP contribution in [0, 0.1) is 0 Å². The first-order valence-electron chi connectivity index (χ1n) is 6.84. The van der Waals surface area contributed by atoms with Gasteiger partial charge in [-0.2, -0.15) is 0 Å². The van der Waals surface area contributed by atoms with Crippen molar-refractivity contribution in [3.8, 4) is 0 Å². The number of hydrogen-bond acceptors (Lipinski definition) is 4. The standard InChI is InChI=1S/C14H15ClN2O3/c15-10-3-9-11(16-14(19)13(9)18)4-12(10)17-5-7-1-2-8(6-17)20-7/h3-4,7-8,13,18H,1-2,5-6H2,(H,16,19). The third-order valence-electron chi connectivity index (χ3n) is 4.30. The summed E-state index contributed by atoms with van der Waals surface area (Å²) in [6.07, 6.45) is 1.63. The molecule has 3 unspecified atom stereocenters. The van der Waals surface area contributed by atoms with Crippen molar-refractivity contribution in [1.29, 1.82) is 0 Å². The lowest BCUT2D eigenvalue weighted by atomic mass is 10.1. The number of carbonyl (C=O) groups excluding carboxylic acids is 1. The average Bonchev–Trinajstić information content (AvgIpc) is 2.90. The van der Waals surface area contributed by atoms with Crippen LogP contribution in [0.3, 0.4) is 0 Å². The van der Waals surface area contributed by atoms with Crippen LogP contribution in [0.4, 0.5) is 11.4 Å². The number of ether oxygens (including phenoxy) is 1. The van der Waals surface area contributed by atoms with E-state index in [2.05, 4.69) is 10.2 Å². The topological polar surface area (TPSA) is 61.8 Å². The fourth-order valence-electron chi connectivity index (χ4n) is 3.31. The Morgan fingerprint density at radius 2 is 2.00 bits per heavy atom. The molecule has 2 saturated heterocycles. The number of rotatable bonds is 1. The van der Waals surface area contributed by atoms with Crippen molar-refractivity contribution in [2.45, 2.75) is 31.2 Å². The van der Waals surface area contributed by atoms with Crippen molar-refractivity contribution < 1.29 is 14.6 Å². The maximum atomic E-state index is 11.5. The number of anilines is 2. The lowest BCUT2D eigenvalue weighted by Crippen LogP contribution is -2.42. The van der Waals surface area contributed by atoms with Gasteiger partial charge in [0.05, 0.1) is 22.9 Å². The van der Waals surface area contributed by atoms with Crippen LogP contribution in [0.1, 0.15) is 24.5 Å². The lowest BCUT2D eigenvalue weighted by Gasteiger charge is -2.34. The molecule has 0 aliphatic carbocycles. The fourth-order valence-corrected chi connectivity index (χ4v) is 3.60. The first-order valence-corrected chi connectivity index (χ1v) is 7.22. The molecule has 6 heteroatoms. The number of hydrogen-bond donors (Lipinski definition) is 2. The Morgan fingerprint density at radius 3 is 2.70 bits per heavy atom. The first-order chi connectivity index (χ1) is 9.61. The molecule has 0 aromatic heterocycles. The molecule has 3 aliphatic heterocycles. The van der Waals surface area contributed by atoms with Gasteiger partial charge in [0.1, 0.15) is 0 Å². The second kappa shape index (κ2) is 4.35. The third kappa shape index (κ3) is 1.81. The van der Waals surface area contributed by atoms with Gasteiger partial charge in [-0.05, 0) is 25.0 Å². The van der Waals surface area contributed by atoms with Crippen molar-refractivity contribution >= 4 is 28.9 Å². The van der Waals surface area contributed by atoms with Crippen LogP contribution in [0.5, 0.6) is 0 Å². The molecular weight excluding hydrogens is 280 g/mol. The SMILES string of the molecule is O=C1Nc2cc(N3CC4CCC(C3)O4)c(Cl)cc2C1O. The summed E-state index contributed by atoms with van der Waals surface area (Å²) in [6, 6.07) is 3.54. The van der Waals surface area contributed by atoms with Crippen molar-refractivity contribution in [1.82, 2.24) is 0 Å². The zero-order chi connectivity index (χ0) is 13.9. The van der Waals surface area contributed by atoms with Crippen LogP contribution in [0.15, 0.2) is 12.1 Å². The Morgan fingerprint density at radius 1 is 1.30 bits per heavy atom. The number of nitrogens with one attached hydrogen (secondary N) is 1. The Kier molecular flexibility index (Phi) is 2.70. The highest BCUT2D eigenvalue weighted by atomic mass is 35.5. The lowest BCUT2D eigenvalue weighted by molar-refractivity contribution is -0.123. The maximum Gasteiger partial charge on any atom is 0.257 e. The van der Waals surface area contributed by atoms with Gasteiger partial charge in [-0.1, -0.05) is 11.6 Å². The molecular formula is C14H15ClN2O3. The molecule has 3 heterocycles. The molecule has 3 atom stereocenters. The minimum atomic E-state index is -1.11. The number of aliphatic hydroxyl groups is 1. The van der Waals surface area contributed by atoms with E-state index < -0.39 is 12.0 Å². The van der Waals surface area contributed by atoms with E-state index >= 15 is 0 Å². The number of carbonyl (C=O) groups is 1. The highest BCUT2D eigenvalue weighted by molar-refractivity contribution is 6.33. The van der Waals surface area contributed by atoms with Crippen LogP contribution in [-0.2, 0) is 9.53 Å². The van der Waals surface area contributed by atoms with Gasteiger partial charge in [-0.3, -0.25) is 4.79 Å². The van der Waals surface area contributed by atoms with E-state index in [-0.39, 0.29) is 12.2 Å². The summed E-state index contributed by atoms with van der Waals surface area (Å²) < 4.78 is 5.82. The van der Waals surface area contributed by atoms with Gasteiger partial charge < -0.3 is 20.1 Å². The summed E-state index contributed by atoms with van der Waals surface area (Å²) in [4.78, 5) is 13.7. The molecule has 20 heavy (non-hydrogen) atoms. The summed E-state index contributed by atoms with van der Waals surface area (Å²) in [6.45, 7) is 1.65. The highest BCUT2D eigenvalue weighted by Gasteiger charge is 2.36. The molecule has 2 N–H and O–H groups in total. The maximum absolute atomic E-state index is 11.5. The predicted molar refractivity (Wildman–Crippen MR) is 75.1 cm³/mol. The summed E-state index contributed by atoms with van der Waals surface area (Å²) in [5.74, 6) is -0.393. The summed E-state index contributed by atoms with van der Waals surface area (Å²) in [5.41, 5.74) is 2.11. The molecule has 1 aromatic carbocycles. The highest BCUT2D eigenvalue weighted by Crippen LogP contribution is 2.40. The molecule has 2 bridgehead atoms. The summed E-state index contributed by atoms with van der Waals surface area (Å²) in [7, 11) is 0. The van der Waals surface area contributed by atoms with Crippen LogP contribution < -0.4 is 10.2 Å². The monoisotopic (exact) mass is 294 g/mol. The van der Waals surface area contributed by atoms with E-state index in [4.69, 9.17) is 16.3 Å². The minimum absolute atomic E-state index is 0.276. The average molecular weight is 295 g/mol. The second-order valence-electron chi connectivity index (χ2n) is 5.65. The number of halogens is 1. The quantitative estimate of drug-likeness (QED) is 0.827. The molecule has 0 radical (unpaired) electrons. The van der Waals surface area contributed by atoms with Crippen LogP contribution >= 0.6 is 11.6 Å². The molecule has 4 rings (SSSR count). The molecule has 0 saturated carbocycles. The van der Waals surface area contributed by atoms with Crippen molar-refractivity contribution in [2.24, 2.45) is 0 Å². The summed E-state index contributed by atoms with van der Waals surface area (Å²) in [5, 5.41) is 13.0. The Bertz CT molecular complexity index is 580. The van der Waals surface area contributed by atoms with E-state index in [0.717, 1.165) is 31.6 Å². The molecule has 1 amide bonds. The minimum Gasteiger partial charge on any atom is -0.378 e. The van der Waals surface area contributed by atoms with E-state index in [1.54, 1.807) is 6.07 Å². The first kappa shape index (κ1) is 12.4. The number of fused-ring (bicyclic) bond motifs is 3. The van der Waals surface area contributed by atoms with E-state index in [1.807, 2.05) is 6.07 Å². The van der Waals surface area contributed by atoms with Crippen LogP contribution in [0.2, 0.25) is 5.02 Å². The zero-order valence-electron chi connectivity index (χ0n) is 10.8. The normalized spacial score (nSPS) is 31.4. The van der Waals surface area contributed by atoms with Gasteiger partial charge in [-0.25, -0.2) is 0 Å². The van der Waals surface area contributed by atoms with E-state index in [9.17, 15) is 9.90 Å². The van der Waals surface area contributed by atoms with Gasteiger partial charge in [0.25, 0.3) is 5.91 Å². The zero-order valence-corrected chi connectivity index (χ0v) is 11.6. The molecule has 1 aromatic rings. The number of nitrogens with zero attached hydrogens (tertiary/aromatic N) is 1. The molecule has 106 valence electrons. The van der Waals surface area contributed by atoms with Crippen molar-refractivity contribution in [2.75, 3.05) is 23.3 Å². The van der Waals surface area contributed by atoms with E-state index in [1.165, 1.54) is 0 Å². The van der Waals surface area contributed by atoms with E-state index in [0.29, 0.717) is 16.3 Å². The number of aliphatic hydroxyl groups excluding tert-OH is 1. The second-order valence-corrected chi connectivity index (χ2v) is 6.05. The molecule has 3 aliphatic rings. The van der Waals surface area contributed by atoms with Crippen LogP contribution in [0.25, 0.3) is 0 Å². The third-order valence-corrected chi connectivity index (χ3v) is 4.61. The van der Waals surface area contributed by atoms with Gasteiger partial charge in [0.2, 0.25) is 0 Å².